The average Bonchev–Trinajstić information content (AvgIpc) is 2.03. The van der Waals surface area contributed by atoms with E-state index in [2.05, 4.69) is 11.6 Å². The van der Waals surface area contributed by atoms with Crippen molar-refractivity contribution in [2.45, 2.75) is 11.9 Å². The van der Waals surface area contributed by atoms with E-state index >= 15 is 0 Å². The van der Waals surface area contributed by atoms with Gasteiger partial charge in [0.05, 0.1) is 5.69 Å². The number of pyridine rings is 1. The van der Waals surface area contributed by atoms with Crippen molar-refractivity contribution in [1.29, 1.82) is 0 Å². The number of rotatable bonds is 3. The third-order valence-corrected chi connectivity index (χ3v) is 2.37. The molecule has 0 bridgehead atoms. The molecule has 64 valence electrons. The van der Waals surface area contributed by atoms with Gasteiger partial charge in [0.25, 0.3) is 0 Å². The molecule has 0 saturated carbocycles. The van der Waals surface area contributed by atoms with Gasteiger partial charge in [-0.1, -0.05) is 6.08 Å². The van der Waals surface area contributed by atoms with Crippen LogP contribution in [0.1, 0.15) is 5.56 Å². The molecule has 1 rings (SSSR count). The first-order valence-corrected chi connectivity index (χ1v) is 4.68. The Balaban J connectivity index is 2.78. The van der Waals surface area contributed by atoms with E-state index < -0.39 is 0 Å². The van der Waals surface area contributed by atoms with E-state index in [4.69, 9.17) is 5.73 Å². The van der Waals surface area contributed by atoms with Crippen molar-refractivity contribution in [3.05, 3.63) is 30.5 Å². The molecule has 0 aliphatic heterocycles. The van der Waals surface area contributed by atoms with Crippen molar-refractivity contribution in [2.24, 2.45) is 0 Å². The average molecular weight is 180 g/mol. The van der Waals surface area contributed by atoms with Crippen molar-refractivity contribution in [1.82, 2.24) is 4.98 Å². The highest BCUT2D eigenvalue weighted by atomic mass is 32.2. The summed E-state index contributed by atoms with van der Waals surface area (Å²) in [6, 6.07) is 1.93. The van der Waals surface area contributed by atoms with Crippen LogP contribution in [0.5, 0.6) is 0 Å². The number of nitrogen functional groups attached to an aromatic ring is 1. The molecule has 1 aromatic heterocycles. The Morgan fingerprint density at radius 1 is 1.75 bits per heavy atom. The molecule has 0 saturated heterocycles. The molecule has 0 spiro atoms. The molecular formula is C9H12N2S. The van der Waals surface area contributed by atoms with Gasteiger partial charge in [-0.2, -0.15) is 0 Å². The van der Waals surface area contributed by atoms with Crippen molar-refractivity contribution >= 4 is 17.4 Å². The summed E-state index contributed by atoms with van der Waals surface area (Å²) in [4.78, 5) is 4.21. The minimum Gasteiger partial charge on any atom is -0.397 e. The number of aromatic nitrogens is 1. The lowest BCUT2D eigenvalue weighted by molar-refractivity contribution is 1.12. The number of aryl methyl sites for hydroxylation is 1. The predicted octanol–water partition coefficient (Wildman–Crippen LogP) is 2.25. The maximum atomic E-state index is 5.74. The number of thioether (sulfide) groups is 1. The molecule has 0 amide bonds. The van der Waals surface area contributed by atoms with E-state index in [1.54, 1.807) is 11.8 Å². The zero-order valence-corrected chi connectivity index (χ0v) is 7.90. The summed E-state index contributed by atoms with van der Waals surface area (Å²) in [5, 5.41) is 0.889. The zero-order chi connectivity index (χ0) is 8.97. The van der Waals surface area contributed by atoms with Gasteiger partial charge in [0, 0.05) is 11.9 Å². The number of hydrogen-bond acceptors (Lipinski definition) is 3. The Morgan fingerprint density at radius 3 is 3.08 bits per heavy atom. The fourth-order valence-corrected chi connectivity index (χ4v) is 1.47. The molecule has 0 aliphatic carbocycles. The van der Waals surface area contributed by atoms with Crippen molar-refractivity contribution in [3.63, 3.8) is 0 Å². The number of nitrogens with two attached hydrogens (primary N) is 1. The first kappa shape index (κ1) is 9.13. The first-order valence-electron chi connectivity index (χ1n) is 3.70. The topological polar surface area (TPSA) is 38.9 Å². The highest BCUT2D eigenvalue weighted by molar-refractivity contribution is 7.99. The normalized spacial score (nSPS) is 9.75. The van der Waals surface area contributed by atoms with Crippen LogP contribution in [0.3, 0.4) is 0 Å². The Kier molecular flexibility index (Phi) is 3.17. The SMILES string of the molecule is C=CCSc1ncc(C)cc1N. The lowest BCUT2D eigenvalue weighted by atomic mass is 10.3. The van der Waals surface area contributed by atoms with Gasteiger partial charge in [-0.3, -0.25) is 0 Å². The van der Waals surface area contributed by atoms with Crippen LogP contribution in [0, 0.1) is 6.92 Å². The van der Waals surface area contributed by atoms with Crippen LogP contribution in [0.15, 0.2) is 29.9 Å². The molecule has 0 fully saturated rings. The number of anilines is 1. The highest BCUT2D eigenvalue weighted by Crippen LogP contribution is 2.22. The molecule has 1 heterocycles. The van der Waals surface area contributed by atoms with Crippen molar-refractivity contribution in [2.75, 3.05) is 11.5 Å². The second kappa shape index (κ2) is 4.16. The van der Waals surface area contributed by atoms with Crippen LogP contribution >= 0.6 is 11.8 Å². The van der Waals surface area contributed by atoms with Gasteiger partial charge in [0.15, 0.2) is 0 Å². The molecule has 1 aromatic rings. The van der Waals surface area contributed by atoms with Crippen LogP contribution < -0.4 is 5.73 Å². The van der Waals surface area contributed by atoms with Crippen LogP contribution in [0.2, 0.25) is 0 Å². The summed E-state index contributed by atoms with van der Waals surface area (Å²) in [6.07, 6.45) is 3.66. The Bertz CT molecular complexity index is 284. The van der Waals surface area contributed by atoms with E-state index in [-0.39, 0.29) is 0 Å². The van der Waals surface area contributed by atoms with Gasteiger partial charge < -0.3 is 5.73 Å². The third-order valence-electron chi connectivity index (χ3n) is 1.35. The zero-order valence-electron chi connectivity index (χ0n) is 7.08. The minimum atomic E-state index is 0.752. The fraction of sp³-hybridized carbons (Fsp3) is 0.222. The van der Waals surface area contributed by atoms with Crippen molar-refractivity contribution < 1.29 is 0 Å². The highest BCUT2D eigenvalue weighted by Gasteiger charge is 1.99. The summed E-state index contributed by atoms with van der Waals surface area (Å²) in [7, 11) is 0. The molecule has 12 heavy (non-hydrogen) atoms. The summed E-state index contributed by atoms with van der Waals surface area (Å²) in [6.45, 7) is 5.61. The van der Waals surface area contributed by atoms with E-state index in [1.807, 2.05) is 25.3 Å². The Morgan fingerprint density at radius 2 is 2.50 bits per heavy atom. The second-order valence-corrected chi connectivity index (χ2v) is 3.52. The van der Waals surface area contributed by atoms with Gasteiger partial charge in [0.1, 0.15) is 5.03 Å². The van der Waals surface area contributed by atoms with Crippen LogP contribution in [0.25, 0.3) is 0 Å². The lowest BCUT2D eigenvalue weighted by Gasteiger charge is -2.02. The fourth-order valence-electron chi connectivity index (χ4n) is 0.838. The molecule has 0 atom stereocenters. The summed E-state index contributed by atoms with van der Waals surface area (Å²) in [5.41, 5.74) is 7.59. The summed E-state index contributed by atoms with van der Waals surface area (Å²) >= 11 is 1.60. The number of hydrogen-bond donors (Lipinski definition) is 1. The Hall–Kier alpha value is -0.960. The van der Waals surface area contributed by atoms with Gasteiger partial charge in [0.2, 0.25) is 0 Å². The molecule has 2 nitrogen and oxygen atoms in total. The summed E-state index contributed by atoms with van der Waals surface area (Å²) < 4.78 is 0. The molecule has 0 unspecified atom stereocenters. The molecule has 2 N–H and O–H groups in total. The standard InChI is InChI=1S/C9H12N2S/c1-3-4-12-9-8(10)5-7(2)6-11-9/h3,5-6H,1,4,10H2,2H3. The van der Waals surface area contributed by atoms with Crippen molar-refractivity contribution in [3.8, 4) is 0 Å². The minimum absolute atomic E-state index is 0.752. The van der Waals surface area contributed by atoms with Crippen LogP contribution in [-0.4, -0.2) is 10.7 Å². The Labute approximate surface area is 76.9 Å². The number of nitrogens with zero attached hydrogens (tertiary/aromatic N) is 1. The lowest BCUT2D eigenvalue weighted by Crippen LogP contribution is -1.92. The third kappa shape index (κ3) is 2.27. The van der Waals surface area contributed by atoms with E-state index in [0.717, 1.165) is 22.0 Å². The first-order chi connectivity index (χ1) is 5.74. The van der Waals surface area contributed by atoms with Gasteiger partial charge >= 0.3 is 0 Å². The van der Waals surface area contributed by atoms with Crippen LogP contribution in [-0.2, 0) is 0 Å². The molecule has 3 heteroatoms. The van der Waals surface area contributed by atoms with Crippen LogP contribution in [0.4, 0.5) is 5.69 Å². The predicted molar refractivity (Wildman–Crippen MR) is 54.3 cm³/mol. The quantitative estimate of drug-likeness (QED) is 0.572. The largest absolute Gasteiger partial charge is 0.397 e. The smallest absolute Gasteiger partial charge is 0.119 e. The van der Waals surface area contributed by atoms with Gasteiger partial charge in [-0.25, -0.2) is 4.98 Å². The van der Waals surface area contributed by atoms with E-state index in [1.165, 1.54) is 0 Å². The second-order valence-electron chi connectivity index (χ2n) is 2.51. The van der Waals surface area contributed by atoms with Gasteiger partial charge in [-0.05, 0) is 18.6 Å². The molecule has 0 radical (unpaired) electrons. The maximum absolute atomic E-state index is 5.74. The van der Waals surface area contributed by atoms with E-state index in [0.29, 0.717) is 0 Å². The van der Waals surface area contributed by atoms with E-state index in [9.17, 15) is 0 Å². The molecule has 0 aromatic carbocycles. The summed E-state index contributed by atoms with van der Waals surface area (Å²) in [5.74, 6) is 0.847. The maximum Gasteiger partial charge on any atom is 0.119 e. The van der Waals surface area contributed by atoms with Gasteiger partial charge in [-0.15, -0.1) is 18.3 Å². The monoisotopic (exact) mass is 180 g/mol. The molecule has 0 aliphatic rings. The molecular weight excluding hydrogens is 168 g/mol.